The maximum Gasteiger partial charge on any atom is 0.323 e. The molecule has 0 radical (unpaired) electrons. The van der Waals surface area contributed by atoms with Crippen LogP contribution in [0.15, 0.2) is 12.3 Å². The highest BCUT2D eigenvalue weighted by molar-refractivity contribution is 5.75. The molecular formula is C27H50N2O8. The van der Waals surface area contributed by atoms with Crippen molar-refractivity contribution in [3.8, 4) is 0 Å². The van der Waals surface area contributed by atoms with Gasteiger partial charge in [0.05, 0.1) is 12.2 Å². The van der Waals surface area contributed by atoms with Crippen LogP contribution in [0.2, 0.25) is 0 Å². The van der Waals surface area contributed by atoms with Crippen molar-refractivity contribution < 1.29 is 39.2 Å². The number of esters is 2. The highest BCUT2D eigenvalue weighted by Crippen LogP contribution is 2.29. The molecule has 0 aromatic rings. The molecule has 1 unspecified atom stereocenters. The van der Waals surface area contributed by atoms with Crippen molar-refractivity contribution in [2.45, 2.75) is 91.3 Å². The summed E-state index contributed by atoms with van der Waals surface area (Å²) in [5, 5.41) is 30.1. The molecule has 0 bridgehead atoms. The van der Waals surface area contributed by atoms with Gasteiger partial charge in [0.1, 0.15) is 18.2 Å². The standard InChI is InChI=1S/C27H50N2O8/c1-17(25(34)19(3)23(33)13-15-30)10-11-24(37-27(35)21(5)28(7)8)20(4)26(36-22(6)32)18(2)12-14-29(9)16-31/h12,14,16-21,23-26,30,33-34H,10-11,13,15H2,1-9H3/b14-12+/t17-,18+,19+,20-,21?,23-,24+,25-,26+/m0/s1. The van der Waals surface area contributed by atoms with Crippen molar-refractivity contribution in [3.63, 3.8) is 0 Å². The molecule has 0 saturated carbocycles. The Hall–Kier alpha value is -2.01. The average Bonchev–Trinajstić information content (AvgIpc) is 2.85. The van der Waals surface area contributed by atoms with Gasteiger partial charge in [0.15, 0.2) is 0 Å². The number of hydrogen-bond donors (Lipinski definition) is 3. The summed E-state index contributed by atoms with van der Waals surface area (Å²) in [6.45, 7) is 10.2. The maximum atomic E-state index is 12.9. The van der Waals surface area contributed by atoms with Gasteiger partial charge in [0, 0.05) is 44.5 Å². The minimum Gasteiger partial charge on any atom is -0.462 e. The molecule has 1 amide bonds. The highest BCUT2D eigenvalue weighted by atomic mass is 16.6. The van der Waals surface area contributed by atoms with Crippen molar-refractivity contribution in [2.24, 2.45) is 23.7 Å². The SMILES string of the molecule is CC(=O)O[C@@H]([C@@H](C)[C@@H](CC[C@H](C)[C@H](O)[C@H](C)[C@@H](O)CCO)OC(=O)C(C)N(C)C)[C@H](C)/C=C/N(C)C=O. The minimum atomic E-state index is -0.832. The molecule has 0 aliphatic carbocycles. The molecular weight excluding hydrogens is 480 g/mol. The molecule has 0 aliphatic rings. The average molecular weight is 531 g/mol. The summed E-state index contributed by atoms with van der Waals surface area (Å²) in [6, 6.07) is -0.489. The Morgan fingerprint density at radius 2 is 1.51 bits per heavy atom. The molecule has 10 nitrogen and oxygen atoms in total. The fourth-order valence-electron chi connectivity index (χ4n) is 4.14. The second-order valence-electron chi connectivity index (χ2n) is 10.5. The summed E-state index contributed by atoms with van der Waals surface area (Å²) in [7, 11) is 5.15. The first kappa shape index (κ1) is 35.0. The van der Waals surface area contributed by atoms with E-state index in [-0.39, 0.29) is 24.9 Å². The van der Waals surface area contributed by atoms with Gasteiger partial charge in [-0.05, 0) is 46.2 Å². The van der Waals surface area contributed by atoms with Crippen LogP contribution in [0.5, 0.6) is 0 Å². The van der Waals surface area contributed by atoms with Crippen LogP contribution in [-0.2, 0) is 23.9 Å². The van der Waals surface area contributed by atoms with Gasteiger partial charge in [-0.1, -0.05) is 33.8 Å². The van der Waals surface area contributed by atoms with Crippen molar-refractivity contribution in [1.29, 1.82) is 0 Å². The minimum absolute atomic E-state index is 0.168. The number of hydrogen-bond acceptors (Lipinski definition) is 9. The number of carbonyl (C=O) groups excluding carboxylic acids is 3. The first-order valence-electron chi connectivity index (χ1n) is 13.0. The number of rotatable bonds is 18. The number of likely N-dealkylation sites (N-methyl/N-ethyl adjacent to an activating group) is 1. The van der Waals surface area contributed by atoms with Crippen LogP contribution >= 0.6 is 0 Å². The molecule has 0 heterocycles. The van der Waals surface area contributed by atoms with Crippen molar-refractivity contribution in [2.75, 3.05) is 27.7 Å². The number of carbonyl (C=O) groups is 3. The van der Waals surface area contributed by atoms with Gasteiger partial charge in [0.25, 0.3) is 0 Å². The van der Waals surface area contributed by atoms with Gasteiger partial charge >= 0.3 is 11.9 Å². The van der Waals surface area contributed by atoms with Crippen LogP contribution in [0.4, 0.5) is 0 Å². The van der Waals surface area contributed by atoms with E-state index in [0.717, 1.165) is 0 Å². The fourth-order valence-corrected chi connectivity index (χ4v) is 4.14. The van der Waals surface area contributed by atoms with Gasteiger partial charge in [-0.25, -0.2) is 0 Å². The van der Waals surface area contributed by atoms with Crippen molar-refractivity contribution in [3.05, 3.63) is 12.3 Å². The van der Waals surface area contributed by atoms with E-state index in [1.54, 1.807) is 52.2 Å². The predicted octanol–water partition coefficient (Wildman–Crippen LogP) is 1.81. The van der Waals surface area contributed by atoms with Crippen LogP contribution in [0.3, 0.4) is 0 Å². The van der Waals surface area contributed by atoms with Crippen molar-refractivity contribution in [1.82, 2.24) is 9.80 Å². The normalized spacial score (nSPS) is 19.3. The highest BCUT2D eigenvalue weighted by Gasteiger charge is 2.36. The second-order valence-corrected chi connectivity index (χ2v) is 10.5. The van der Waals surface area contributed by atoms with E-state index < -0.39 is 54.2 Å². The first-order valence-corrected chi connectivity index (χ1v) is 13.0. The largest absolute Gasteiger partial charge is 0.462 e. The molecule has 37 heavy (non-hydrogen) atoms. The molecule has 3 N–H and O–H groups in total. The lowest BCUT2D eigenvalue weighted by atomic mass is 9.82. The summed E-state index contributed by atoms with van der Waals surface area (Å²) in [6.07, 6.45) is 2.17. The number of amides is 1. The summed E-state index contributed by atoms with van der Waals surface area (Å²) >= 11 is 0. The smallest absolute Gasteiger partial charge is 0.323 e. The van der Waals surface area contributed by atoms with Crippen LogP contribution in [-0.4, -0.2) is 102 Å². The van der Waals surface area contributed by atoms with Crippen LogP contribution < -0.4 is 0 Å². The molecule has 0 fully saturated rings. The second kappa shape index (κ2) is 17.5. The zero-order valence-corrected chi connectivity index (χ0v) is 24.0. The Balaban J connectivity index is 5.86. The Labute approximate surface area is 222 Å². The van der Waals surface area contributed by atoms with E-state index >= 15 is 0 Å². The molecule has 0 aromatic carbocycles. The Kier molecular flexibility index (Phi) is 16.5. The van der Waals surface area contributed by atoms with E-state index in [2.05, 4.69) is 0 Å². The lowest BCUT2D eigenvalue weighted by Gasteiger charge is -2.35. The van der Waals surface area contributed by atoms with Crippen LogP contribution in [0, 0.1) is 23.7 Å². The van der Waals surface area contributed by atoms with Gasteiger partial charge in [-0.15, -0.1) is 0 Å². The number of aliphatic hydroxyl groups is 3. The fraction of sp³-hybridized carbons (Fsp3) is 0.815. The van der Waals surface area contributed by atoms with Gasteiger partial charge in [0.2, 0.25) is 6.41 Å². The summed E-state index contributed by atoms with van der Waals surface area (Å²) < 4.78 is 11.6. The molecule has 10 heteroatoms. The quantitative estimate of drug-likeness (QED) is 0.179. The molecule has 0 aromatic heterocycles. The monoisotopic (exact) mass is 530 g/mol. The molecule has 0 spiro atoms. The topological polar surface area (TPSA) is 137 Å². The zero-order chi connectivity index (χ0) is 28.9. The van der Waals surface area contributed by atoms with E-state index in [1.165, 1.54) is 11.8 Å². The first-order chi connectivity index (χ1) is 17.2. The zero-order valence-electron chi connectivity index (χ0n) is 24.0. The number of aliphatic hydroxyl groups excluding tert-OH is 3. The maximum absolute atomic E-state index is 12.9. The van der Waals surface area contributed by atoms with E-state index in [4.69, 9.17) is 14.6 Å². The van der Waals surface area contributed by atoms with E-state index in [0.29, 0.717) is 19.3 Å². The lowest BCUT2D eigenvalue weighted by molar-refractivity contribution is -0.165. The van der Waals surface area contributed by atoms with Gasteiger partial charge in [-0.3, -0.25) is 19.3 Å². The van der Waals surface area contributed by atoms with Gasteiger partial charge in [-0.2, -0.15) is 0 Å². The Morgan fingerprint density at radius 3 is 2.00 bits per heavy atom. The van der Waals surface area contributed by atoms with Crippen LogP contribution in [0.25, 0.3) is 0 Å². The summed E-state index contributed by atoms with van der Waals surface area (Å²) in [5.74, 6) is -2.23. The van der Waals surface area contributed by atoms with Crippen molar-refractivity contribution >= 4 is 18.3 Å². The molecule has 0 rings (SSSR count). The Bertz CT molecular complexity index is 717. The van der Waals surface area contributed by atoms with E-state index in [9.17, 15) is 24.6 Å². The third-order valence-electron chi connectivity index (χ3n) is 7.16. The summed E-state index contributed by atoms with van der Waals surface area (Å²) in [4.78, 5) is 38.9. The predicted molar refractivity (Wildman–Crippen MR) is 141 cm³/mol. The third kappa shape index (κ3) is 12.4. The Morgan fingerprint density at radius 1 is 0.919 bits per heavy atom. The van der Waals surface area contributed by atoms with E-state index in [1.807, 2.05) is 20.8 Å². The molecule has 216 valence electrons. The lowest BCUT2D eigenvalue weighted by Crippen LogP contribution is -2.43. The number of nitrogens with zero attached hydrogens (tertiary/aromatic N) is 2. The molecule has 0 saturated heterocycles. The van der Waals surface area contributed by atoms with Gasteiger partial charge < -0.3 is 29.7 Å². The molecule has 9 atom stereocenters. The third-order valence-corrected chi connectivity index (χ3v) is 7.16. The molecule has 0 aliphatic heterocycles. The van der Waals surface area contributed by atoms with Crippen LogP contribution in [0.1, 0.15) is 60.8 Å². The summed E-state index contributed by atoms with van der Waals surface area (Å²) in [5.41, 5.74) is 0. The number of ether oxygens (including phenoxy) is 2.